The number of nitrogens with one attached hydrogen (secondary N) is 1. The van der Waals surface area contributed by atoms with Gasteiger partial charge in [0.15, 0.2) is 0 Å². The van der Waals surface area contributed by atoms with Gasteiger partial charge in [-0.2, -0.15) is 4.31 Å². The first-order valence-corrected chi connectivity index (χ1v) is 11.8. The Hall–Kier alpha value is -1.51. The van der Waals surface area contributed by atoms with E-state index in [2.05, 4.69) is 5.32 Å². The van der Waals surface area contributed by atoms with Crippen molar-refractivity contribution in [3.8, 4) is 5.75 Å². The van der Waals surface area contributed by atoms with Gasteiger partial charge in [-0.3, -0.25) is 4.79 Å². The van der Waals surface area contributed by atoms with Gasteiger partial charge in [0.05, 0.1) is 22.9 Å². The molecule has 10 heteroatoms. The molecular formula is C20H21Cl3N2O4S. The largest absolute Gasteiger partial charge is 0.495 e. The van der Waals surface area contributed by atoms with Crippen molar-refractivity contribution >= 4 is 50.7 Å². The second-order valence-electron chi connectivity index (χ2n) is 6.95. The first kappa shape index (κ1) is 23.2. The van der Waals surface area contributed by atoms with E-state index in [1.165, 1.54) is 29.6 Å². The lowest BCUT2D eigenvalue weighted by molar-refractivity contribution is -0.126. The normalized spacial score (nSPS) is 17.5. The molecule has 0 saturated carbocycles. The molecule has 6 nitrogen and oxygen atoms in total. The zero-order valence-corrected chi connectivity index (χ0v) is 19.3. The van der Waals surface area contributed by atoms with Crippen LogP contribution in [0.15, 0.2) is 41.3 Å². The van der Waals surface area contributed by atoms with Crippen LogP contribution >= 0.6 is 34.8 Å². The molecule has 0 spiro atoms. The van der Waals surface area contributed by atoms with E-state index in [0.29, 0.717) is 35.2 Å². The second kappa shape index (κ2) is 9.75. The number of carbonyl (C=O) groups is 1. The lowest BCUT2D eigenvalue weighted by Crippen LogP contribution is -2.45. The predicted molar refractivity (Wildman–Crippen MR) is 118 cm³/mol. The minimum Gasteiger partial charge on any atom is -0.495 e. The molecule has 30 heavy (non-hydrogen) atoms. The van der Waals surface area contributed by atoms with Crippen LogP contribution in [0.4, 0.5) is 0 Å². The van der Waals surface area contributed by atoms with Gasteiger partial charge in [-0.1, -0.05) is 40.9 Å². The Morgan fingerprint density at radius 2 is 1.93 bits per heavy atom. The van der Waals surface area contributed by atoms with Crippen molar-refractivity contribution in [2.75, 3.05) is 20.2 Å². The molecule has 1 saturated heterocycles. The number of hydrogen-bond acceptors (Lipinski definition) is 4. The van der Waals surface area contributed by atoms with Gasteiger partial charge in [-0.15, -0.1) is 0 Å². The molecule has 0 aliphatic carbocycles. The smallest absolute Gasteiger partial charge is 0.243 e. The summed E-state index contributed by atoms with van der Waals surface area (Å²) >= 11 is 18.1. The van der Waals surface area contributed by atoms with Gasteiger partial charge < -0.3 is 10.1 Å². The van der Waals surface area contributed by atoms with E-state index in [0.717, 1.165) is 5.56 Å². The van der Waals surface area contributed by atoms with Crippen molar-refractivity contribution in [2.24, 2.45) is 5.92 Å². The molecule has 1 heterocycles. The highest BCUT2D eigenvalue weighted by Crippen LogP contribution is 2.30. The third-order valence-electron chi connectivity index (χ3n) is 4.98. The topological polar surface area (TPSA) is 75.7 Å². The number of hydrogen-bond donors (Lipinski definition) is 1. The fraction of sp³-hybridized carbons (Fsp3) is 0.350. The van der Waals surface area contributed by atoms with Crippen LogP contribution in [0.5, 0.6) is 5.75 Å². The number of methoxy groups -OCH3 is 1. The van der Waals surface area contributed by atoms with Gasteiger partial charge in [0.2, 0.25) is 15.9 Å². The molecule has 0 bridgehead atoms. The van der Waals surface area contributed by atoms with Crippen LogP contribution in [0.1, 0.15) is 18.4 Å². The molecule has 2 aromatic carbocycles. The molecular weight excluding hydrogens is 471 g/mol. The molecule has 0 radical (unpaired) electrons. The van der Waals surface area contributed by atoms with Gasteiger partial charge in [0.1, 0.15) is 5.75 Å². The minimum absolute atomic E-state index is 0.0716. The Morgan fingerprint density at radius 1 is 1.17 bits per heavy atom. The van der Waals surface area contributed by atoms with Gasteiger partial charge in [0.25, 0.3) is 0 Å². The highest BCUT2D eigenvalue weighted by molar-refractivity contribution is 7.89. The molecule has 1 aliphatic heterocycles. The number of benzene rings is 2. The van der Waals surface area contributed by atoms with E-state index in [-0.39, 0.29) is 28.9 Å². The molecule has 0 aromatic heterocycles. The highest BCUT2D eigenvalue weighted by atomic mass is 35.5. The van der Waals surface area contributed by atoms with Gasteiger partial charge in [0, 0.05) is 29.7 Å². The number of sulfonamides is 1. The van der Waals surface area contributed by atoms with Crippen molar-refractivity contribution < 1.29 is 17.9 Å². The van der Waals surface area contributed by atoms with E-state index in [4.69, 9.17) is 39.5 Å². The molecule has 1 aliphatic rings. The summed E-state index contributed by atoms with van der Waals surface area (Å²) in [5.41, 5.74) is 0.738. The number of halogens is 3. The fourth-order valence-corrected chi connectivity index (χ4v) is 5.67. The van der Waals surface area contributed by atoms with Crippen molar-refractivity contribution in [2.45, 2.75) is 24.3 Å². The van der Waals surface area contributed by atoms with Crippen molar-refractivity contribution in [3.05, 3.63) is 57.0 Å². The quantitative estimate of drug-likeness (QED) is 0.651. The standard InChI is InChI=1S/C20H21Cl3N2O4S/c1-29-19-7-6-16(10-18(19)23)30(27,28)25-8-2-3-14(12-25)20(26)24-11-13-4-5-15(21)9-17(13)22/h4-7,9-10,14H,2-3,8,11-12H2,1H3,(H,24,26)/t14-/m1/s1. The van der Waals surface area contributed by atoms with Crippen LogP contribution in [0, 0.1) is 5.92 Å². The van der Waals surface area contributed by atoms with E-state index in [1.807, 2.05) is 0 Å². The monoisotopic (exact) mass is 490 g/mol. The Labute approximate surface area is 191 Å². The third-order valence-corrected chi connectivity index (χ3v) is 7.73. The molecule has 0 unspecified atom stereocenters. The van der Waals surface area contributed by atoms with Gasteiger partial charge in [-0.05, 0) is 48.7 Å². The summed E-state index contributed by atoms with van der Waals surface area (Å²) in [6.45, 7) is 0.692. The summed E-state index contributed by atoms with van der Waals surface area (Å²) in [4.78, 5) is 12.7. The third kappa shape index (κ3) is 5.21. The Morgan fingerprint density at radius 3 is 2.60 bits per heavy atom. The van der Waals surface area contributed by atoms with Crippen LogP contribution in [0.2, 0.25) is 15.1 Å². The summed E-state index contributed by atoms with van der Waals surface area (Å²) in [5, 5.41) is 4.03. The zero-order chi connectivity index (χ0) is 21.9. The molecule has 3 rings (SSSR count). The summed E-state index contributed by atoms with van der Waals surface area (Å²) in [6, 6.07) is 9.38. The predicted octanol–water partition coefficient (Wildman–Crippen LogP) is 4.37. The number of amides is 1. The lowest BCUT2D eigenvalue weighted by Gasteiger charge is -2.31. The molecule has 1 amide bonds. The van der Waals surface area contributed by atoms with Crippen LogP contribution in [0.3, 0.4) is 0 Å². The molecule has 1 N–H and O–H groups in total. The van der Waals surface area contributed by atoms with Crippen LogP contribution < -0.4 is 10.1 Å². The maximum absolute atomic E-state index is 13.0. The summed E-state index contributed by atoms with van der Waals surface area (Å²) < 4.78 is 32.5. The van der Waals surface area contributed by atoms with Crippen LogP contribution in [0.25, 0.3) is 0 Å². The van der Waals surface area contributed by atoms with Crippen LogP contribution in [-0.4, -0.2) is 38.8 Å². The Kier molecular flexibility index (Phi) is 7.52. The summed E-state index contributed by atoms with van der Waals surface area (Å²) in [7, 11) is -2.32. The number of nitrogens with zero attached hydrogens (tertiary/aromatic N) is 1. The fourth-order valence-electron chi connectivity index (χ4n) is 3.32. The van der Waals surface area contributed by atoms with E-state index < -0.39 is 15.9 Å². The van der Waals surface area contributed by atoms with E-state index >= 15 is 0 Å². The lowest BCUT2D eigenvalue weighted by atomic mass is 9.99. The first-order valence-electron chi connectivity index (χ1n) is 9.27. The summed E-state index contributed by atoms with van der Waals surface area (Å²) in [6.07, 6.45) is 1.19. The molecule has 1 fully saturated rings. The number of carbonyl (C=O) groups excluding carboxylic acids is 1. The summed E-state index contributed by atoms with van der Waals surface area (Å²) in [5.74, 6) is -0.269. The zero-order valence-electron chi connectivity index (χ0n) is 16.2. The second-order valence-corrected chi connectivity index (χ2v) is 10.1. The Balaban J connectivity index is 1.68. The first-order chi connectivity index (χ1) is 14.2. The van der Waals surface area contributed by atoms with Crippen molar-refractivity contribution in [1.82, 2.24) is 9.62 Å². The van der Waals surface area contributed by atoms with Crippen LogP contribution in [-0.2, 0) is 21.4 Å². The van der Waals surface area contributed by atoms with E-state index in [1.54, 1.807) is 18.2 Å². The molecule has 2 aromatic rings. The van der Waals surface area contributed by atoms with Crippen molar-refractivity contribution in [3.63, 3.8) is 0 Å². The average molecular weight is 492 g/mol. The Bertz CT molecular complexity index is 1050. The highest BCUT2D eigenvalue weighted by Gasteiger charge is 2.33. The SMILES string of the molecule is COc1ccc(S(=O)(=O)N2CCC[C@@H](C(=O)NCc3ccc(Cl)cc3Cl)C2)cc1Cl. The van der Waals surface area contributed by atoms with Gasteiger partial charge in [-0.25, -0.2) is 8.42 Å². The molecule has 1 atom stereocenters. The average Bonchev–Trinajstić information content (AvgIpc) is 2.73. The minimum atomic E-state index is -3.78. The number of ether oxygens (including phenoxy) is 1. The number of rotatable bonds is 6. The van der Waals surface area contributed by atoms with Gasteiger partial charge >= 0.3 is 0 Å². The van der Waals surface area contributed by atoms with E-state index in [9.17, 15) is 13.2 Å². The number of piperidine rings is 1. The van der Waals surface area contributed by atoms with Crippen molar-refractivity contribution in [1.29, 1.82) is 0 Å². The molecule has 162 valence electrons. The maximum atomic E-state index is 13.0. The maximum Gasteiger partial charge on any atom is 0.243 e.